The second kappa shape index (κ2) is 4.61. The van der Waals surface area contributed by atoms with Gasteiger partial charge in [0, 0.05) is 5.56 Å². The van der Waals surface area contributed by atoms with Gasteiger partial charge in [0.1, 0.15) is 5.75 Å². The Balaban J connectivity index is 2.33. The van der Waals surface area contributed by atoms with Crippen molar-refractivity contribution in [3.8, 4) is 5.75 Å². The fraction of sp³-hybridized carbons (Fsp3) is 0.222. The number of hydrogen-bond acceptors (Lipinski definition) is 5. The normalized spacial score (nSPS) is 13.3. The van der Waals surface area contributed by atoms with Crippen molar-refractivity contribution in [1.29, 1.82) is 0 Å². The number of aromatic amines is 1. The maximum atomic E-state index is 12.2. The first-order valence-electron chi connectivity index (χ1n) is 4.81. The molecule has 96 valence electrons. The molecule has 0 radical (unpaired) electrons. The number of alkyl halides is 3. The van der Waals surface area contributed by atoms with Crippen LogP contribution in [0.4, 0.5) is 13.2 Å². The molecule has 2 aromatic rings. The van der Waals surface area contributed by atoms with Crippen molar-refractivity contribution in [3.63, 3.8) is 0 Å². The number of halogens is 3. The van der Waals surface area contributed by atoms with Crippen molar-refractivity contribution >= 4 is 0 Å². The minimum atomic E-state index is -4.78. The third-order valence-electron chi connectivity index (χ3n) is 2.12. The fourth-order valence-electron chi connectivity index (χ4n) is 1.40. The molecule has 1 aromatic heterocycles. The van der Waals surface area contributed by atoms with Crippen molar-refractivity contribution in [2.45, 2.75) is 12.4 Å². The summed E-state index contributed by atoms with van der Waals surface area (Å²) in [7, 11) is 0. The third-order valence-corrected chi connectivity index (χ3v) is 2.12. The van der Waals surface area contributed by atoms with Crippen LogP contribution in [0.3, 0.4) is 0 Å². The summed E-state index contributed by atoms with van der Waals surface area (Å²) in [4.78, 5) is 0. The van der Waals surface area contributed by atoms with Crippen LogP contribution in [0, 0.1) is 0 Å². The first-order chi connectivity index (χ1) is 8.47. The monoisotopic (exact) mass is 259 g/mol. The van der Waals surface area contributed by atoms with E-state index in [1.165, 1.54) is 18.2 Å². The molecular formula is C9H8F3N5O. The van der Waals surface area contributed by atoms with Gasteiger partial charge in [0.05, 0.1) is 6.04 Å². The van der Waals surface area contributed by atoms with Gasteiger partial charge in [-0.3, -0.25) is 0 Å². The topological polar surface area (TPSA) is 89.7 Å². The molecular weight excluding hydrogens is 251 g/mol. The first kappa shape index (κ1) is 12.3. The summed E-state index contributed by atoms with van der Waals surface area (Å²) in [5.74, 6) is -0.310. The lowest BCUT2D eigenvalue weighted by Gasteiger charge is -2.15. The van der Waals surface area contributed by atoms with E-state index in [0.717, 1.165) is 0 Å². The van der Waals surface area contributed by atoms with Gasteiger partial charge in [-0.15, -0.1) is 23.4 Å². The zero-order chi connectivity index (χ0) is 13.2. The fourth-order valence-corrected chi connectivity index (χ4v) is 1.40. The molecule has 0 bridgehead atoms. The van der Waals surface area contributed by atoms with Crippen LogP contribution in [0.5, 0.6) is 5.75 Å². The van der Waals surface area contributed by atoms with Crippen LogP contribution >= 0.6 is 0 Å². The number of hydrogen-bond donors (Lipinski definition) is 2. The van der Waals surface area contributed by atoms with E-state index in [9.17, 15) is 13.2 Å². The predicted molar refractivity (Wildman–Crippen MR) is 53.3 cm³/mol. The lowest BCUT2D eigenvalue weighted by molar-refractivity contribution is -0.274. The highest BCUT2D eigenvalue weighted by Gasteiger charge is 2.33. The van der Waals surface area contributed by atoms with Gasteiger partial charge < -0.3 is 10.5 Å². The summed E-state index contributed by atoms with van der Waals surface area (Å²) in [5.41, 5.74) is 5.87. The van der Waals surface area contributed by atoms with E-state index >= 15 is 0 Å². The number of ether oxygens (including phenoxy) is 1. The SMILES string of the molecule is NC(c1nn[nH]n1)c1ccccc1OC(F)(F)F. The first-order valence-corrected chi connectivity index (χ1v) is 4.81. The van der Waals surface area contributed by atoms with Crippen LogP contribution in [0.1, 0.15) is 17.4 Å². The van der Waals surface area contributed by atoms with E-state index in [1.54, 1.807) is 6.07 Å². The van der Waals surface area contributed by atoms with Crippen LogP contribution in [-0.4, -0.2) is 27.0 Å². The Bertz CT molecular complexity index is 513. The largest absolute Gasteiger partial charge is 0.573 e. The summed E-state index contributed by atoms with van der Waals surface area (Å²) in [6.45, 7) is 0. The summed E-state index contributed by atoms with van der Waals surface area (Å²) in [6, 6.07) is 4.57. The highest BCUT2D eigenvalue weighted by Crippen LogP contribution is 2.30. The third kappa shape index (κ3) is 2.74. The summed E-state index contributed by atoms with van der Waals surface area (Å²) in [5, 5.41) is 12.7. The minimum absolute atomic E-state index is 0.0771. The number of aromatic nitrogens is 4. The molecule has 0 spiro atoms. The highest BCUT2D eigenvalue weighted by atomic mass is 19.4. The number of nitrogens with one attached hydrogen (secondary N) is 1. The van der Waals surface area contributed by atoms with Gasteiger partial charge in [0.15, 0.2) is 5.82 Å². The maximum Gasteiger partial charge on any atom is 0.573 e. The van der Waals surface area contributed by atoms with Crippen LogP contribution in [0.2, 0.25) is 0 Å². The summed E-state index contributed by atoms with van der Waals surface area (Å²) < 4.78 is 40.5. The van der Waals surface area contributed by atoms with E-state index in [2.05, 4.69) is 25.4 Å². The summed E-state index contributed by atoms with van der Waals surface area (Å²) >= 11 is 0. The number of benzene rings is 1. The molecule has 1 aromatic carbocycles. The van der Waals surface area contributed by atoms with E-state index in [4.69, 9.17) is 5.73 Å². The van der Waals surface area contributed by atoms with E-state index in [1.807, 2.05) is 0 Å². The molecule has 6 nitrogen and oxygen atoms in total. The van der Waals surface area contributed by atoms with Gasteiger partial charge in [-0.25, -0.2) is 0 Å². The number of tetrazole rings is 1. The molecule has 0 aliphatic rings. The van der Waals surface area contributed by atoms with Crippen molar-refractivity contribution in [3.05, 3.63) is 35.7 Å². The van der Waals surface area contributed by atoms with Gasteiger partial charge in [0.2, 0.25) is 0 Å². The molecule has 1 unspecified atom stereocenters. The standard InChI is InChI=1S/C9H8F3N5O/c10-9(11,12)18-6-4-2-1-3-5(6)7(13)8-14-16-17-15-8/h1-4,7H,13H2,(H,14,15,16,17). The van der Waals surface area contributed by atoms with Gasteiger partial charge in [-0.1, -0.05) is 23.4 Å². The molecule has 3 N–H and O–H groups in total. The van der Waals surface area contributed by atoms with Gasteiger partial charge in [-0.05, 0) is 6.07 Å². The minimum Gasteiger partial charge on any atom is -0.405 e. The molecule has 0 aliphatic heterocycles. The van der Waals surface area contributed by atoms with Crippen molar-refractivity contribution in [1.82, 2.24) is 20.6 Å². The Morgan fingerprint density at radius 3 is 2.61 bits per heavy atom. The Morgan fingerprint density at radius 1 is 1.28 bits per heavy atom. The highest BCUT2D eigenvalue weighted by molar-refractivity contribution is 5.38. The lowest BCUT2D eigenvalue weighted by atomic mass is 10.1. The van der Waals surface area contributed by atoms with Crippen LogP contribution in [-0.2, 0) is 0 Å². The van der Waals surface area contributed by atoms with Crippen LogP contribution in [0.25, 0.3) is 0 Å². The zero-order valence-corrected chi connectivity index (χ0v) is 8.85. The molecule has 0 saturated carbocycles. The van der Waals surface area contributed by atoms with Crippen LogP contribution < -0.4 is 10.5 Å². The predicted octanol–water partition coefficient (Wildman–Crippen LogP) is 1.15. The Kier molecular flexibility index (Phi) is 3.15. The number of para-hydroxylation sites is 1. The Hall–Kier alpha value is -2.16. The Labute approximate surface area is 98.9 Å². The van der Waals surface area contributed by atoms with Gasteiger partial charge in [-0.2, -0.15) is 5.21 Å². The molecule has 1 atom stereocenters. The average Bonchev–Trinajstić information content (AvgIpc) is 2.80. The molecule has 0 aliphatic carbocycles. The molecule has 9 heteroatoms. The molecule has 18 heavy (non-hydrogen) atoms. The number of nitrogens with zero attached hydrogens (tertiary/aromatic N) is 3. The number of H-pyrrole nitrogens is 1. The molecule has 0 fully saturated rings. The molecule has 0 amide bonds. The molecule has 1 heterocycles. The van der Waals surface area contributed by atoms with Crippen molar-refractivity contribution in [2.75, 3.05) is 0 Å². The van der Waals surface area contributed by atoms with E-state index in [-0.39, 0.29) is 17.1 Å². The van der Waals surface area contributed by atoms with Crippen LogP contribution in [0.15, 0.2) is 24.3 Å². The summed E-state index contributed by atoms with van der Waals surface area (Å²) in [6.07, 6.45) is -4.78. The second-order valence-electron chi connectivity index (χ2n) is 3.33. The van der Waals surface area contributed by atoms with E-state index < -0.39 is 12.4 Å². The Morgan fingerprint density at radius 2 is 2.00 bits per heavy atom. The number of nitrogens with two attached hydrogens (primary N) is 1. The van der Waals surface area contributed by atoms with Gasteiger partial charge >= 0.3 is 6.36 Å². The quantitative estimate of drug-likeness (QED) is 0.862. The molecule has 2 rings (SSSR count). The van der Waals surface area contributed by atoms with Crippen molar-refractivity contribution < 1.29 is 17.9 Å². The van der Waals surface area contributed by atoms with Gasteiger partial charge in [0.25, 0.3) is 0 Å². The smallest absolute Gasteiger partial charge is 0.405 e. The number of rotatable bonds is 3. The second-order valence-corrected chi connectivity index (χ2v) is 3.33. The van der Waals surface area contributed by atoms with E-state index in [0.29, 0.717) is 0 Å². The van der Waals surface area contributed by atoms with Crippen molar-refractivity contribution in [2.24, 2.45) is 5.73 Å². The zero-order valence-electron chi connectivity index (χ0n) is 8.85. The average molecular weight is 259 g/mol. The molecule has 0 saturated heterocycles. The maximum absolute atomic E-state index is 12.2. The lowest BCUT2D eigenvalue weighted by Crippen LogP contribution is -2.21.